The minimum absolute atomic E-state index is 0.153. The first-order chi connectivity index (χ1) is 16.1. The predicted octanol–water partition coefficient (Wildman–Crippen LogP) is 8.21. The molecule has 5 heteroatoms. The lowest BCUT2D eigenvalue weighted by Crippen LogP contribution is -2.01. The van der Waals surface area contributed by atoms with Crippen molar-refractivity contribution in [3.8, 4) is 17.1 Å². The normalized spacial score (nSPS) is 11.4. The zero-order valence-corrected chi connectivity index (χ0v) is 19.2. The Morgan fingerprint density at radius 1 is 0.758 bits per heavy atom. The number of hydrogen-bond donors (Lipinski definition) is 0. The van der Waals surface area contributed by atoms with Crippen molar-refractivity contribution in [2.75, 3.05) is 0 Å². The number of nitrogens with zero attached hydrogens (tertiary/aromatic N) is 2. The molecule has 2 aromatic carbocycles. The quantitative estimate of drug-likeness (QED) is 0.194. The van der Waals surface area contributed by atoms with Crippen molar-refractivity contribution in [3.05, 3.63) is 77.6 Å². The van der Waals surface area contributed by atoms with Gasteiger partial charge >= 0.3 is 6.61 Å². The third-order valence-electron chi connectivity index (χ3n) is 5.52. The Morgan fingerprint density at radius 3 is 1.88 bits per heavy atom. The van der Waals surface area contributed by atoms with Crippen molar-refractivity contribution in [1.29, 1.82) is 0 Å². The van der Waals surface area contributed by atoms with Crippen molar-refractivity contribution in [3.63, 3.8) is 0 Å². The fourth-order valence-corrected chi connectivity index (χ4v) is 3.62. The maximum atomic E-state index is 12.2. The van der Waals surface area contributed by atoms with Crippen LogP contribution in [-0.4, -0.2) is 16.6 Å². The minimum atomic E-state index is -2.81. The molecular formula is C28H32F2N2O. The van der Waals surface area contributed by atoms with Gasteiger partial charge in [-0.05, 0) is 41.7 Å². The SMILES string of the molecule is CCCCCCCCCc1cnc(-c2ccc(/C=C/c3ccc(OC(F)F)cc3)cc2)nc1. The van der Waals surface area contributed by atoms with E-state index < -0.39 is 6.61 Å². The molecule has 0 radical (unpaired) electrons. The number of unbranched alkanes of at least 4 members (excludes halogenated alkanes) is 6. The highest BCUT2D eigenvalue weighted by molar-refractivity contribution is 5.71. The maximum Gasteiger partial charge on any atom is 0.387 e. The smallest absolute Gasteiger partial charge is 0.387 e. The monoisotopic (exact) mass is 450 g/mol. The molecule has 0 saturated heterocycles. The molecule has 3 aromatic rings. The number of aromatic nitrogens is 2. The molecule has 33 heavy (non-hydrogen) atoms. The predicted molar refractivity (Wildman–Crippen MR) is 131 cm³/mol. The van der Waals surface area contributed by atoms with Gasteiger partial charge in [0.2, 0.25) is 0 Å². The van der Waals surface area contributed by atoms with Crippen LogP contribution in [0.15, 0.2) is 60.9 Å². The van der Waals surface area contributed by atoms with Crippen LogP contribution in [0.25, 0.3) is 23.5 Å². The van der Waals surface area contributed by atoms with Crippen LogP contribution in [0.4, 0.5) is 8.78 Å². The Balaban J connectivity index is 1.47. The summed E-state index contributed by atoms with van der Waals surface area (Å²) in [5.41, 5.74) is 4.10. The molecule has 0 spiro atoms. The molecule has 0 amide bonds. The van der Waals surface area contributed by atoms with Crippen molar-refractivity contribution in [2.45, 2.75) is 64.9 Å². The van der Waals surface area contributed by atoms with Crippen LogP contribution in [-0.2, 0) is 6.42 Å². The maximum absolute atomic E-state index is 12.2. The van der Waals surface area contributed by atoms with Gasteiger partial charge < -0.3 is 4.74 Å². The fraction of sp³-hybridized carbons (Fsp3) is 0.357. The van der Waals surface area contributed by atoms with Crippen LogP contribution in [0.3, 0.4) is 0 Å². The van der Waals surface area contributed by atoms with Crippen LogP contribution < -0.4 is 4.74 Å². The molecule has 0 N–H and O–H groups in total. The van der Waals surface area contributed by atoms with E-state index in [-0.39, 0.29) is 5.75 Å². The summed E-state index contributed by atoms with van der Waals surface area (Å²) in [6, 6.07) is 14.6. The zero-order valence-electron chi connectivity index (χ0n) is 19.2. The Morgan fingerprint density at radius 2 is 1.30 bits per heavy atom. The molecule has 0 saturated carbocycles. The molecule has 174 valence electrons. The first kappa shape index (κ1) is 24.6. The standard InChI is InChI=1S/C28H32F2N2O/c1-2-3-4-5-6-7-8-9-24-20-31-27(32-21-24)25-16-12-22(13-17-25)10-11-23-14-18-26(19-15-23)33-28(29)30/h10-21,28H,2-9H2,1H3/b11-10+. The van der Waals surface area contributed by atoms with E-state index in [4.69, 9.17) is 0 Å². The van der Waals surface area contributed by atoms with Gasteiger partial charge in [0.05, 0.1) is 0 Å². The average molecular weight is 451 g/mol. The van der Waals surface area contributed by atoms with E-state index in [0.29, 0.717) is 0 Å². The molecular weight excluding hydrogens is 418 g/mol. The average Bonchev–Trinajstić information content (AvgIpc) is 2.83. The Labute approximate surface area is 195 Å². The topological polar surface area (TPSA) is 35.0 Å². The molecule has 0 unspecified atom stereocenters. The van der Waals surface area contributed by atoms with Crippen LogP contribution in [0, 0.1) is 0 Å². The number of halogens is 2. The third kappa shape index (κ3) is 8.76. The van der Waals surface area contributed by atoms with Gasteiger partial charge in [0, 0.05) is 18.0 Å². The summed E-state index contributed by atoms with van der Waals surface area (Å²) in [5.74, 6) is 0.878. The fourth-order valence-electron chi connectivity index (χ4n) is 3.62. The highest BCUT2D eigenvalue weighted by atomic mass is 19.3. The number of alkyl halides is 2. The number of ether oxygens (including phenoxy) is 1. The van der Waals surface area contributed by atoms with Gasteiger partial charge in [-0.3, -0.25) is 0 Å². The highest BCUT2D eigenvalue weighted by Crippen LogP contribution is 2.19. The lowest BCUT2D eigenvalue weighted by Gasteiger charge is -2.05. The molecule has 0 aliphatic carbocycles. The molecule has 0 fully saturated rings. The van der Waals surface area contributed by atoms with Crippen LogP contribution in [0.2, 0.25) is 0 Å². The van der Waals surface area contributed by atoms with E-state index in [2.05, 4.69) is 21.6 Å². The molecule has 0 bridgehead atoms. The van der Waals surface area contributed by atoms with Gasteiger partial charge in [0.1, 0.15) is 5.75 Å². The van der Waals surface area contributed by atoms with Gasteiger partial charge in [0.15, 0.2) is 5.82 Å². The highest BCUT2D eigenvalue weighted by Gasteiger charge is 2.04. The largest absolute Gasteiger partial charge is 0.435 e. The lowest BCUT2D eigenvalue weighted by atomic mass is 10.1. The number of rotatable bonds is 13. The lowest BCUT2D eigenvalue weighted by molar-refractivity contribution is -0.0498. The van der Waals surface area contributed by atoms with Gasteiger partial charge in [-0.2, -0.15) is 8.78 Å². The summed E-state index contributed by atoms with van der Waals surface area (Å²) >= 11 is 0. The molecule has 3 nitrogen and oxygen atoms in total. The van der Waals surface area contributed by atoms with E-state index in [1.54, 1.807) is 12.1 Å². The molecule has 3 rings (SSSR count). The van der Waals surface area contributed by atoms with Crippen LogP contribution >= 0.6 is 0 Å². The van der Waals surface area contributed by atoms with E-state index in [1.165, 1.54) is 62.6 Å². The summed E-state index contributed by atoms with van der Waals surface area (Å²) < 4.78 is 28.8. The van der Waals surface area contributed by atoms with Gasteiger partial charge in [0.25, 0.3) is 0 Å². The second-order valence-electron chi connectivity index (χ2n) is 8.19. The van der Waals surface area contributed by atoms with E-state index in [9.17, 15) is 8.78 Å². The Bertz CT molecular complexity index is 968. The zero-order chi connectivity index (χ0) is 23.3. The number of benzene rings is 2. The molecule has 1 aromatic heterocycles. The van der Waals surface area contributed by atoms with E-state index >= 15 is 0 Å². The van der Waals surface area contributed by atoms with E-state index in [0.717, 1.165) is 28.9 Å². The van der Waals surface area contributed by atoms with Crippen LogP contribution in [0.1, 0.15) is 68.6 Å². The first-order valence-corrected chi connectivity index (χ1v) is 11.8. The molecule has 0 atom stereocenters. The van der Waals surface area contributed by atoms with Gasteiger partial charge in [-0.15, -0.1) is 0 Å². The number of aryl methyl sites for hydroxylation is 1. The summed E-state index contributed by atoms with van der Waals surface area (Å²) in [5, 5.41) is 0. The molecule has 1 heterocycles. The summed E-state index contributed by atoms with van der Waals surface area (Å²) in [7, 11) is 0. The van der Waals surface area contributed by atoms with Crippen molar-refractivity contribution in [1.82, 2.24) is 9.97 Å². The molecule has 0 aliphatic heterocycles. The van der Waals surface area contributed by atoms with Crippen molar-refractivity contribution in [2.24, 2.45) is 0 Å². The summed E-state index contributed by atoms with van der Waals surface area (Å²) in [6.45, 7) is -0.564. The van der Waals surface area contributed by atoms with Crippen molar-refractivity contribution < 1.29 is 13.5 Å². The number of hydrogen-bond acceptors (Lipinski definition) is 3. The van der Waals surface area contributed by atoms with Gasteiger partial charge in [-0.25, -0.2) is 9.97 Å². The van der Waals surface area contributed by atoms with Crippen molar-refractivity contribution >= 4 is 12.2 Å². The Hall–Kier alpha value is -3.08. The Kier molecular flexibility index (Phi) is 10.0. The molecule has 0 aliphatic rings. The minimum Gasteiger partial charge on any atom is -0.435 e. The van der Waals surface area contributed by atoms with Crippen LogP contribution in [0.5, 0.6) is 5.75 Å². The summed E-state index contributed by atoms with van der Waals surface area (Å²) in [4.78, 5) is 9.09. The third-order valence-corrected chi connectivity index (χ3v) is 5.52. The first-order valence-electron chi connectivity index (χ1n) is 11.8. The van der Waals surface area contributed by atoms with E-state index in [1.807, 2.05) is 48.8 Å². The second kappa shape index (κ2) is 13.5. The van der Waals surface area contributed by atoms with Gasteiger partial charge in [-0.1, -0.05) is 94.0 Å². The second-order valence-corrected chi connectivity index (χ2v) is 8.19. The summed E-state index contributed by atoms with van der Waals surface area (Å²) in [6.07, 6.45) is 17.9.